The van der Waals surface area contributed by atoms with Crippen LogP contribution < -0.4 is 5.01 Å². The molecule has 6 rings (SSSR count). The van der Waals surface area contributed by atoms with Crippen molar-refractivity contribution in [3.05, 3.63) is 93.7 Å². The van der Waals surface area contributed by atoms with Gasteiger partial charge in [-0.05, 0) is 68.5 Å². The molecule has 5 heteroatoms. The predicted molar refractivity (Wildman–Crippen MR) is 133 cm³/mol. The summed E-state index contributed by atoms with van der Waals surface area (Å²) < 4.78 is 0. The molecule has 2 atom stereocenters. The van der Waals surface area contributed by atoms with Gasteiger partial charge in [-0.1, -0.05) is 54.1 Å². The molecule has 4 aliphatic heterocycles. The molecule has 33 heavy (non-hydrogen) atoms. The highest BCUT2D eigenvalue weighted by Crippen LogP contribution is 2.47. The Labute approximate surface area is 194 Å². The molecule has 0 fully saturated rings. The zero-order valence-corrected chi connectivity index (χ0v) is 19.5. The molecular weight excluding hydrogens is 408 g/mol. The Balaban J connectivity index is 1.66. The number of nitrogens with zero attached hydrogens (tertiary/aromatic N) is 4. The Hall–Kier alpha value is -3.73. The van der Waals surface area contributed by atoms with Gasteiger partial charge >= 0.3 is 0 Å². The monoisotopic (exact) mass is 434 g/mol. The van der Waals surface area contributed by atoms with Crippen LogP contribution in [0.15, 0.2) is 76.0 Å². The number of amides is 1. The molecule has 164 valence electrons. The van der Waals surface area contributed by atoms with E-state index in [4.69, 9.17) is 5.10 Å². The van der Waals surface area contributed by atoms with Gasteiger partial charge in [0.1, 0.15) is 17.6 Å². The molecule has 0 aliphatic carbocycles. The third-order valence-corrected chi connectivity index (χ3v) is 7.09. The van der Waals surface area contributed by atoms with Crippen LogP contribution in [-0.2, 0) is 4.79 Å². The van der Waals surface area contributed by atoms with Crippen LogP contribution in [0.5, 0.6) is 0 Å². The topological polar surface area (TPSA) is 48.3 Å². The van der Waals surface area contributed by atoms with E-state index in [-0.39, 0.29) is 11.9 Å². The fourth-order valence-electron chi connectivity index (χ4n) is 5.89. The molecule has 2 unspecified atom stereocenters. The van der Waals surface area contributed by atoms with E-state index in [1.807, 2.05) is 24.1 Å². The number of para-hydroxylation sites is 1. The second kappa shape index (κ2) is 6.64. The summed E-state index contributed by atoms with van der Waals surface area (Å²) in [6.45, 7) is 10.4. The van der Waals surface area contributed by atoms with Gasteiger partial charge < -0.3 is 4.90 Å². The van der Waals surface area contributed by atoms with Crippen LogP contribution in [0.25, 0.3) is 6.08 Å². The first-order valence-electron chi connectivity index (χ1n) is 11.4. The number of hydrogen-bond acceptors (Lipinski definition) is 4. The number of carbonyl (C=O) groups excluding carboxylic acids is 1. The van der Waals surface area contributed by atoms with Gasteiger partial charge in [-0.3, -0.25) is 9.80 Å². The van der Waals surface area contributed by atoms with Gasteiger partial charge in [0.05, 0.1) is 5.69 Å². The molecule has 0 N–H and O–H groups in total. The number of benzene rings is 2. The lowest BCUT2D eigenvalue weighted by atomic mass is 9.77. The molecule has 4 aliphatic rings. The summed E-state index contributed by atoms with van der Waals surface area (Å²) in [5.74, 6) is 0.556. The lowest BCUT2D eigenvalue weighted by Crippen LogP contribution is -2.63. The third-order valence-electron chi connectivity index (χ3n) is 7.09. The molecular formula is C28H26N4O. The molecule has 0 saturated heterocycles. The molecule has 1 amide bonds. The van der Waals surface area contributed by atoms with E-state index in [1.165, 1.54) is 5.56 Å². The van der Waals surface area contributed by atoms with Gasteiger partial charge in [-0.25, -0.2) is 0 Å². The van der Waals surface area contributed by atoms with E-state index in [1.54, 1.807) is 0 Å². The molecule has 2 aromatic carbocycles. The summed E-state index contributed by atoms with van der Waals surface area (Å²) in [5.41, 5.74) is 8.38. The van der Waals surface area contributed by atoms with Crippen molar-refractivity contribution in [3.63, 3.8) is 0 Å². The minimum atomic E-state index is -1.05. The van der Waals surface area contributed by atoms with Crippen LogP contribution in [0.4, 0.5) is 5.69 Å². The Kier molecular flexibility index (Phi) is 4.01. The molecule has 5 nitrogen and oxygen atoms in total. The predicted octanol–water partition coefficient (Wildman–Crippen LogP) is 5.07. The lowest BCUT2D eigenvalue weighted by Gasteiger charge is -2.41. The highest BCUT2D eigenvalue weighted by atomic mass is 16.2. The van der Waals surface area contributed by atoms with Crippen LogP contribution >= 0.6 is 0 Å². The quantitative estimate of drug-likeness (QED) is 0.629. The van der Waals surface area contributed by atoms with Crippen LogP contribution in [-0.4, -0.2) is 33.9 Å². The normalized spacial score (nSPS) is 24.9. The summed E-state index contributed by atoms with van der Waals surface area (Å²) >= 11 is 0. The fourth-order valence-corrected chi connectivity index (χ4v) is 5.89. The second-order valence-electron chi connectivity index (χ2n) is 9.51. The van der Waals surface area contributed by atoms with Gasteiger partial charge in [0.15, 0.2) is 5.54 Å². The maximum atomic E-state index is 14.0. The molecule has 4 heterocycles. The number of carbonyl (C=O) groups is 1. The zero-order valence-electron chi connectivity index (χ0n) is 19.5. The van der Waals surface area contributed by atoms with Gasteiger partial charge in [-0.2, -0.15) is 10.1 Å². The van der Waals surface area contributed by atoms with Crippen LogP contribution in [0.1, 0.15) is 41.7 Å². The molecule has 1 spiro atoms. The number of rotatable bonds is 1. The van der Waals surface area contributed by atoms with E-state index < -0.39 is 5.54 Å². The first-order valence-corrected chi connectivity index (χ1v) is 11.4. The number of aryl methyl sites for hydroxylation is 3. The van der Waals surface area contributed by atoms with Gasteiger partial charge in [0, 0.05) is 11.8 Å². The minimum Gasteiger partial charge on any atom is -0.310 e. The number of aliphatic imine (C=N–C) groups is 1. The maximum Gasteiger partial charge on any atom is 0.282 e. The van der Waals surface area contributed by atoms with Gasteiger partial charge in [-0.15, -0.1) is 0 Å². The highest BCUT2D eigenvalue weighted by molar-refractivity contribution is 6.32. The van der Waals surface area contributed by atoms with E-state index in [9.17, 15) is 4.79 Å². The maximum absolute atomic E-state index is 14.0. The van der Waals surface area contributed by atoms with Crippen molar-refractivity contribution in [2.75, 3.05) is 5.01 Å². The SMILES string of the molecule is CC1=CN2C(=NC(=O)C23C(c2c(C)cc(C)cc2C)=NN2c4ccccc4C=CC23)C(C)=C1. The van der Waals surface area contributed by atoms with E-state index >= 15 is 0 Å². The van der Waals surface area contributed by atoms with Crippen molar-refractivity contribution in [3.8, 4) is 0 Å². The zero-order chi connectivity index (χ0) is 23.1. The summed E-state index contributed by atoms with van der Waals surface area (Å²) in [6.07, 6.45) is 8.37. The first kappa shape index (κ1) is 19.9. The Morgan fingerprint density at radius 3 is 2.48 bits per heavy atom. The van der Waals surface area contributed by atoms with Gasteiger partial charge in [0.2, 0.25) is 0 Å². The van der Waals surface area contributed by atoms with E-state index in [0.717, 1.165) is 50.6 Å². The molecule has 2 aromatic rings. The van der Waals surface area contributed by atoms with Crippen molar-refractivity contribution < 1.29 is 4.79 Å². The number of hydrogen-bond donors (Lipinski definition) is 0. The average molecular weight is 435 g/mol. The summed E-state index contributed by atoms with van der Waals surface area (Å²) in [6, 6.07) is 12.2. The largest absolute Gasteiger partial charge is 0.310 e. The second-order valence-corrected chi connectivity index (χ2v) is 9.51. The Morgan fingerprint density at radius 1 is 1.00 bits per heavy atom. The van der Waals surface area contributed by atoms with Crippen molar-refractivity contribution >= 4 is 29.2 Å². The number of amidine groups is 1. The molecule has 0 aromatic heterocycles. The lowest BCUT2D eigenvalue weighted by molar-refractivity contribution is -0.122. The minimum absolute atomic E-state index is 0.161. The Bertz CT molecular complexity index is 1380. The smallest absolute Gasteiger partial charge is 0.282 e. The van der Waals surface area contributed by atoms with Crippen molar-refractivity contribution in [1.82, 2.24) is 4.90 Å². The average Bonchev–Trinajstić information content (AvgIpc) is 3.25. The number of allylic oxidation sites excluding steroid dienone is 2. The van der Waals surface area contributed by atoms with E-state index in [2.05, 4.69) is 86.3 Å². The first-order chi connectivity index (χ1) is 15.8. The van der Waals surface area contributed by atoms with Gasteiger partial charge in [0.25, 0.3) is 5.91 Å². The van der Waals surface area contributed by atoms with Crippen molar-refractivity contribution in [1.29, 1.82) is 0 Å². The summed E-state index contributed by atoms with van der Waals surface area (Å²) in [5, 5.41) is 7.24. The standard InChI is InChI=1S/C28H26N4O/c1-16-12-18(3)24(19(4)13-16)25-28(27(33)29-26-20(5)14-17(2)15-31(26)28)23-11-10-21-8-6-7-9-22(21)32(23)30-25/h6-15,23H,1-5H3. The number of fused-ring (bicyclic) bond motifs is 6. The Morgan fingerprint density at radius 2 is 1.73 bits per heavy atom. The summed E-state index contributed by atoms with van der Waals surface area (Å²) in [4.78, 5) is 20.7. The fraction of sp³-hybridized carbons (Fsp3) is 0.250. The van der Waals surface area contributed by atoms with Crippen LogP contribution in [0.3, 0.4) is 0 Å². The van der Waals surface area contributed by atoms with Crippen LogP contribution in [0, 0.1) is 20.8 Å². The molecule has 0 saturated carbocycles. The van der Waals surface area contributed by atoms with E-state index in [0.29, 0.717) is 0 Å². The van der Waals surface area contributed by atoms with Crippen molar-refractivity contribution in [2.45, 2.75) is 46.2 Å². The number of anilines is 1. The van der Waals surface area contributed by atoms with Crippen LogP contribution in [0.2, 0.25) is 0 Å². The molecule has 0 radical (unpaired) electrons. The molecule has 0 bridgehead atoms. The van der Waals surface area contributed by atoms with Crippen molar-refractivity contribution in [2.24, 2.45) is 10.1 Å². The highest BCUT2D eigenvalue weighted by Gasteiger charge is 2.65. The summed E-state index contributed by atoms with van der Waals surface area (Å²) in [7, 11) is 0. The number of hydrazone groups is 1. The third kappa shape index (κ3) is 2.50.